The normalized spacial score (nSPS) is 11.7. The number of nitrogens with zero attached hydrogens (tertiary/aromatic N) is 16. The van der Waals surface area contributed by atoms with Crippen molar-refractivity contribution in [3.05, 3.63) is 191 Å². The summed E-state index contributed by atoms with van der Waals surface area (Å²) < 4.78 is 47.1. The molecule has 84 heavy (non-hydrogen) atoms. The van der Waals surface area contributed by atoms with Gasteiger partial charge in [0.1, 0.15) is 46.6 Å². The minimum atomic E-state index is -4.70. The summed E-state index contributed by atoms with van der Waals surface area (Å²) in [6.45, 7) is 14.6. The summed E-state index contributed by atoms with van der Waals surface area (Å²) in [6.07, 6.45) is -4.70. The molecule has 0 aliphatic heterocycles. The molecule has 0 bridgehead atoms. The topological polar surface area (TPSA) is 212 Å². The third-order valence-electron chi connectivity index (χ3n) is 14.7. The lowest BCUT2D eigenvalue weighted by atomic mass is 9.91. The van der Waals surface area contributed by atoms with Gasteiger partial charge in [0.2, 0.25) is 0 Å². The Hall–Kier alpha value is -11.1. The van der Waals surface area contributed by atoms with Crippen LogP contribution in [0.5, 0.6) is 0 Å². The van der Waals surface area contributed by atoms with E-state index in [4.69, 9.17) is 39.9 Å². The summed E-state index contributed by atoms with van der Waals surface area (Å²) in [5, 5.41) is 25.3. The highest BCUT2D eigenvalue weighted by Gasteiger charge is 2.32. The molecule has 19 heteroatoms. The summed E-state index contributed by atoms with van der Waals surface area (Å²) in [5.41, 5.74) is 8.14. The third-order valence-corrected chi connectivity index (χ3v) is 14.7. The average molecular weight is 1110 g/mol. The Morgan fingerprint density at radius 2 is 0.702 bits per heavy atom. The van der Waals surface area contributed by atoms with Crippen molar-refractivity contribution >= 4 is 43.6 Å². The zero-order chi connectivity index (χ0) is 58.5. The van der Waals surface area contributed by atoms with Crippen LogP contribution in [0.4, 0.5) is 13.2 Å². The van der Waals surface area contributed by atoms with Crippen LogP contribution in [0.3, 0.4) is 0 Å². The van der Waals surface area contributed by atoms with Crippen LogP contribution in [0.25, 0.3) is 123 Å². The van der Waals surface area contributed by atoms with Crippen LogP contribution in [-0.2, 0) is 6.18 Å². The Kier molecular flexibility index (Phi) is 12.4. The standard InChI is InChI=1S/C65H45F3N16/c1-32-71-33(2)76-61(75-32)41-13-20-54-49(26-41)50-27-42(62-77-34(3)72-35(4)78-62)14-21-55(50)83(54)58-19-12-40(48-18-17-47(65(66,67)68)24-46(48)31-70)25-53(58)60-45(30-69)10-9-11-59(60)84-56-22-15-43(63-79-36(5)73-37(6)80-63)28-51(56)52-29-44(16-23-57(52)84)64-81-38(7)74-39(8)82-64/h9-29H,1-8H3. The van der Waals surface area contributed by atoms with Crippen molar-refractivity contribution in [2.24, 2.45) is 0 Å². The number of alkyl halides is 3. The van der Waals surface area contributed by atoms with Gasteiger partial charge in [0.05, 0.1) is 62.3 Å². The number of rotatable bonds is 8. The molecule has 0 saturated carbocycles. The van der Waals surface area contributed by atoms with Gasteiger partial charge in [0.25, 0.3) is 0 Å². The van der Waals surface area contributed by atoms with Gasteiger partial charge in [-0.05, 0) is 176 Å². The van der Waals surface area contributed by atoms with E-state index in [1.807, 2.05) is 159 Å². The molecule has 13 rings (SSSR count). The predicted molar refractivity (Wildman–Crippen MR) is 314 cm³/mol. The molecule has 0 aliphatic rings. The van der Waals surface area contributed by atoms with Gasteiger partial charge >= 0.3 is 6.18 Å². The highest BCUT2D eigenvalue weighted by atomic mass is 19.4. The van der Waals surface area contributed by atoms with Crippen LogP contribution < -0.4 is 0 Å². The van der Waals surface area contributed by atoms with Crippen molar-refractivity contribution in [2.45, 2.75) is 61.6 Å². The quantitative estimate of drug-likeness (QED) is 0.138. The largest absolute Gasteiger partial charge is 0.416 e. The Bertz CT molecular complexity index is 4750. The van der Waals surface area contributed by atoms with Crippen LogP contribution in [0.2, 0.25) is 0 Å². The number of aromatic nitrogens is 14. The zero-order valence-corrected chi connectivity index (χ0v) is 46.4. The van der Waals surface area contributed by atoms with Gasteiger partial charge in [-0.1, -0.05) is 18.2 Å². The van der Waals surface area contributed by atoms with Crippen molar-refractivity contribution in [1.82, 2.24) is 68.9 Å². The minimum Gasteiger partial charge on any atom is -0.309 e. The van der Waals surface area contributed by atoms with Crippen LogP contribution in [0, 0.1) is 78.1 Å². The molecule has 7 aromatic carbocycles. The number of benzene rings is 7. The maximum atomic E-state index is 14.3. The first kappa shape index (κ1) is 52.3. The lowest BCUT2D eigenvalue weighted by Gasteiger charge is -2.21. The molecule has 0 N–H and O–H groups in total. The van der Waals surface area contributed by atoms with E-state index in [1.54, 1.807) is 12.1 Å². The van der Waals surface area contributed by atoms with E-state index in [1.165, 1.54) is 6.07 Å². The number of hydrogen-bond donors (Lipinski definition) is 0. The second-order valence-electron chi connectivity index (χ2n) is 20.5. The van der Waals surface area contributed by atoms with Crippen LogP contribution in [-0.4, -0.2) is 68.9 Å². The first-order valence-electron chi connectivity index (χ1n) is 26.6. The molecular weight excluding hydrogens is 1060 g/mol. The van der Waals surface area contributed by atoms with Gasteiger partial charge in [-0.25, -0.2) is 59.8 Å². The SMILES string of the molecule is Cc1nc(C)nc(-c2ccc3c(c2)c2cc(-c4nc(C)nc(C)n4)ccc2n3-c2ccc(-c3ccc(C(F)(F)F)cc3C#N)cc2-c2c(C#N)cccc2-n2c3ccc(-c4nc(C)nc(C)n4)cc3c3cc(-c4nc(C)nc(C)n4)ccc32)n1. The molecule has 0 spiro atoms. The maximum Gasteiger partial charge on any atom is 0.416 e. The number of halogens is 3. The highest BCUT2D eigenvalue weighted by molar-refractivity contribution is 6.14. The molecule has 0 amide bonds. The minimum absolute atomic E-state index is 0.178. The fourth-order valence-electron chi connectivity index (χ4n) is 11.4. The predicted octanol–water partition coefficient (Wildman–Crippen LogP) is 13.9. The molecule has 0 aliphatic carbocycles. The van der Waals surface area contributed by atoms with Gasteiger partial charge in [-0.3, -0.25) is 0 Å². The van der Waals surface area contributed by atoms with Gasteiger partial charge < -0.3 is 9.13 Å². The molecule has 0 atom stereocenters. The second-order valence-corrected chi connectivity index (χ2v) is 20.5. The van der Waals surface area contributed by atoms with E-state index in [-0.39, 0.29) is 11.1 Å². The first-order valence-corrected chi connectivity index (χ1v) is 26.6. The second kappa shape index (κ2) is 19.9. The van der Waals surface area contributed by atoms with Crippen LogP contribution in [0.15, 0.2) is 127 Å². The highest BCUT2D eigenvalue weighted by Crippen LogP contribution is 2.46. The van der Waals surface area contributed by atoms with E-state index in [2.05, 4.69) is 35.1 Å². The van der Waals surface area contributed by atoms with Gasteiger partial charge in [-0.2, -0.15) is 23.7 Å². The van der Waals surface area contributed by atoms with E-state index in [9.17, 15) is 23.7 Å². The number of nitriles is 2. The Morgan fingerprint density at radius 3 is 1.06 bits per heavy atom. The monoisotopic (exact) mass is 1110 g/mol. The Labute approximate surface area is 477 Å². The molecule has 0 fully saturated rings. The van der Waals surface area contributed by atoms with Gasteiger partial charge in [0.15, 0.2) is 23.3 Å². The van der Waals surface area contributed by atoms with Crippen molar-refractivity contribution in [2.75, 3.05) is 0 Å². The Balaban J connectivity index is 1.13. The van der Waals surface area contributed by atoms with E-state index >= 15 is 0 Å². The van der Waals surface area contributed by atoms with Crippen molar-refractivity contribution in [3.63, 3.8) is 0 Å². The summed E-state index contributed by atoms with van der Waals surface area (Å²) in [6, 6.07) is 42.8. The van der Waals surface area contributed by atoms with Gasteiger partial charge in [0, 0.05) is 54.9 Å². The molecule has 406 valence electrons. The van der Waals surface area contributed by atoms with Crippen LogP contribution in [0.1, 0.15) is 63.3 Å². The van der Waals surface area contributed by atoms with Crippen LogP contribution >= 0.6 is 0 Å². The third kappa shape index (κ3) is 9.13. The fourth-order valence-corrected chi connectivity index (χ4v) is 11.4. The first-order chi connectivity index (χ1) is 40.4. The van der Waals surface area contributed by atoms with Crippen molar-refractivity contribution < 1.29 is 13.2 Å². The van der Waals surface area contributed by atoms with E-state index in [0.29, 0.717) is 104 Å². The molecule has 6 aromatic heterocycles. The average Bonchev–Trinajstić information content (AvgIpc) is 1.73. The number of fused-ring (bicyclic) bond motifs is 6. The molecule has 0 saturated heterocycles. The molecule has 6 heterocycles. The lowest BCUT2D eigenvalue weighted by Crippen LogP contribution is -2.06. The fraction of sp³-hybridized carbons (Fsp3) is 0.138. The van der Waals surface area contributed by atoms with E-state index < -0.39 is 11.7 Å². The summed E-state index contributed by atoms with van der Waals surface area (Å²) in [7, 11) is 0. The maximum absolute atomic E-state index is 14.3. The van der Waals surface area contributed by atoms with Crippen molar-refractivity contribution in [3.8, 4) is 91.3 Å². The van der Waals surface area contributed by atoms with Gasteiger partial charge in [-0.15, -0.1) is 0 Å². The molecule has 13 aromatic rings. The molecular formula is C65H45F3N16. The smallest absolute Gasteiger partial charge is 0.309 e. The Morgan fingerprint density at radius 1 is 0.345 bits per heavy atom. The van der Waals surface area contributed by atoms with Crippen molar-refractivity contribution in [1.29, 1.82) is 10.5 Å². The lowest BCUT2D eigenvalue weighted by molar-refractivity contribution is -0.137. The molecule has 16 nitrogen and oxygen atoms in total. The number of aryl methyl sites for hydroxylation is 8. The summed E-state index contributed by atoms with van der Waals surface area (Å²) >= 11 is 0. The van der Waals surface area contributed by atoms with E-state index in [0.717, 1.165) is 78.0 Å². The zero-order valence-electron chi connectivity index (χ0n) is 46.4. The molecule has 0 radical (unpaired) electrons. The summed E-state index contributed by atoms with van der Waals surface area (Å²) in [5.74, 6) is 6.54. The summed E-state index contributed by atoms with van der Waals surface area (Å²) in [4.78, 5) is 55.5. The number of hydrogen-bond acceptors (Lipinski definition) is 14. The molecule has 0 unspecified atom stereocenters.